The minimum Gasteiger partial charge on any atom is -0.336 e. The van der Waals surface area contributed by atoms with Crippen LogP contribution in [-0.4, -0.2) is 17.9 Å². The molecule has 0 aliphatic heterocycles. The van der Waals surface area contributed by atoms with Crippen molar-refractivity contribution in [3.63, 3.8) is 0 Å². The van der Waals surface area contributed by atoms with E-state index >= 15 is 0 Å². The molecule has 1 amide bonds. The minimum atomic E-state index is 0.0415. The van der Waals surface area contributed by atoms with Gasteiger partial charge in [0.2, 0.25) is 0 Å². The van der Waals surface area contributed by atoms with Gasteiger partial charge in [0.1, 0.15) is 0 Å². The molecule has 0 fully saturated rings. The average molecular weight is 348 g/mol. The molecule has 0 spiro atoms. The van der Waals surface area contributed by atoms with Gasteiger partial charge in [0.15, 0.2) is 0 Å². The number of carbonyl (C=O) groups excluding carboxylic acids is 1. The molecule has 0 aliphatic carbocycles. The van der Waals surface area contributed by atoms with Gasteiger partial charge in [-0.05, 0) is 28.1 Å². The second kappa shape index (κ2) is 5.56. The Kier molecular flexibility index (Phi) is 4.30. The van der Waals surface area contributed by atoms with Crippen molar-refractivity contribution in [2.45, 2.75) is 11.4 Å². The Hall–Kier alpha value is -0.300. The monoisotopic (exact) mass is 347 g/mol. The molecule has 0 aliphatic rings. The Morgan fingerprint density at radius 3 is 2.71 bits per heavy atom. The topological polar surface area (TPSA) is 20.3 Å². The van der Waals surface area contributed by atoms with Gasteiger partial charge in [0.25, 0.3) is 5.91 Å². The fourth-order valence-electron chi connectivity index (χ4n) is 1.37. The summed E-state index contributed by atoms with van der Waals surface area (Å²) in [5.74, 6) is 0.0415. The molecule has 0 unspecified atom stereocenters. The van der Waals surface area contributed by atoms with Gasteiger partial charge in [-0.25, -0.2) is 0 Å². The molecule has 2 aromatic rings. The first-order valence-corrected chi connectivity index (χ1v) is 7.82. The lowest BCUT2D eigenvalue weighted by Crippen LogP contribution is -2.24. The maximum Gasteiger partial charge on any atom is 0.264 e. The second-order valence-electron chi connectivity index (χ2n) is 3.56. The second-order valence-corrected chi connectivity index (χ2v) is 6.90. The number of hydrogen-bond donors (Lipinski definition) is 1. The van der Waals surface area contributed by atoms with Crippen LogP contribution in [0, 0.1) is 0 Å². The highest BCUT2D eigenvalue weighted by Crippen LogP contribution is 2.23. The third-order valence-electron chi connectivity index (χ3n) is 2.16. The van der Waals surface area contributed by atoms with Gasteiger partial charge in [0, 0.05) is 32.1 Å². The fourth-order valence-corrected chi connectivity index (χ4v) is 4.01. The van der Waals surface area contributed by atoms with E-state index in [-0.39, 0.29) is 5.91 Å². The highest BCUT2D eigenvalue weighted by Gasteiger charge is 2.14. The largest absolute Gasteiger partial charge is 0.336 e. The van der Waals surface area contributed by atoms with Crippen LogP contribution in [0.5, 0.6) is 0 Å². The number of hydrogen-bond acceptors (Lipinski definition) is 4. The molecule has 90 valence electrons. The molecular weight excluding hydrogens is 338 g/mol. The Morgan fingerprint density at radius 1 is 1.41 bits per heavy atom. The Morgan fingerprint density at radius 2 is 2.18 bits per heavy atom. The summed E-state index contributed by atoms with van der Waals surface area (Å²) in [5.41, 5.74) is 0. The van der Waals surface area contributed by atoms with Gasteiger partial charge in [-0.2, -0.15) is 0 Å². The van der Waals surface area contributed by atoms with E-state index in [9.17, 15) is 4.79 Å². The van der Waals surface area contributed by atoms with Crippen molar-refractivity contribution in [2.24, 2.45) is 0 Å². The van der Waals surface area contributed by atoms with E-state index in [1.54, 1.807) is 22.3 Å². The van der Waals surface area contributed by atoms with Crippen LogP contribution in [0.25, 0.3) is 0 Å². The van der Waals surface area contributed by atoms with E-state index in [1.165, 1.54) is 11.3 Å². The molecule has 0 saturated carbocycles. The summed E-state index contributed by atoms with van der Waals surface area (Å²) in [7, 11) is 1.81. The van der Waals surface area contributed by atoms with Crippen LogP contribution in [0.2, 0.25) is 0 Å². The van der Waals surface area contributed by atoms with E-state index in [2.05, 4.69) is 28.6 Å². The molecule has 17 heavy (non-hydrogen) atoms. The molecule has 0 saturated heterocycles. The predicted octanol–water partition coefficient (Wildman–Crippen LogP) is 4.13. The molecule has 0 radical (unpaired) electrons. The Balaban J connectivity index is 2.05. The van der Waals surface area contributed by atoms with Crippen molar-refractivity contribution < 1.29 is 4.79 Å². The number of nitrogens with zero attached hydrogens (tertiary/aromatic N) is 1. The predicted molar refractivity (Wildman–Crippen MR) is 79.4 cm³/mol. The highest BCUT2D eigenvalue weighted by molar-refractivity contribution is 9.10. The molecule has 0 N–H and O–H groups in total. The zero-order chi connectivity index (χ0) is 12.4. The third kappa shape index (κ3) is 3.34. The number of amides is 1. The quantitative estimate of drug-likeness (QED) is 0.827. The van der Waals surface area contributed by atoms with Crippen LogP contribution in [-0.2, 0) is 6.54 Å². The van der Waals surface area contributed by atoms with Crippen LogP contribution in [0.4, 0.5) is 0 Å². The average Bonchev–Trinajstić information content (AvgIpc) is 2.87. The fraction of sp³-hybridized carbons (Fsp3) is 0.182. The van der Waals surface area contributed by atoms with E-state index in [0.29, 0.717) is 6.54 Å². The molecule has 2 nitrogen and oxygen atoms in total. The third-order valence-corrected chi connectivity index (χ3v) is 5.19. The lowest BCUT2D eigenvalue weighted by atomic mass is 10.4. The van der Waals surface area contributed by atoms with Crippen LogP contribution < -0.4 is 0 Å². The summed E-state index contributed by atoms with van der Waals surface area (Å²) < 4.78 is 1.06. The number of rotatable bonds is 3. The van der Waals surface area contributed by atoms with Crippen LogP contribution in [0.1, 0.15) is 14.5 Å². The molecule has 0 atom stereocenters. The number of carbonyl (C=O) groups is 1. The minimum absolute atomic E-state index is 0.0415. The zero-order valence-electron chi connectivity index (χ0n) is 9.01. The maximum atomic E-state index is 12.1. The molecule has 0 bridgehead atoms. The van der Waals surface area contributed by atoms with E-state index in [1.807, 2.05) is 23.9 Å². The summed E-state index contributed by atoms with van der Waals surface area (Å²) in [6, 6.07) is 3.84. The number of halogens is 1. The first-order chi connectivity index (χ1) is 8.06. The first-order valence-electron chi connectivity index (χ1n) is 4.82. The van der Waals surface area contributed by atoms with Gasteiger partial charge in [0.05, 0.1) is 11.4 Å². The Bertz CT molecular complexity index is 534. The van der Waals surface area contributed by atoms with Gasteiger partial charge in [-0.1, -0.05) is 0 Å². The highest BCUT2D eigenvalue weighted by atomic mass is 79.9. The summed E-state index contributed by atoms with van der Waals surface area (Å²) >= 11 is 10.7. The molecular formula is C11H10BrNOS3. The summed E-state index contributed by atoms with van der Waals surface area (Å²) in [6.45, 7) is 0.634. The van der Waals surface area contributed by atoms with Gasteiger partial charge in [-0.3, -0.25) is 4.79 Å². The molecule has 0 aromatic carbocycles. The van der Waals surface area contributed by atoms with Crippen molar-refractivity contribution in [3.8, 4) is 0 Å². The van der Waals surface area contributed by atoms with Gasteiger partial charge in [-0.15, -0.1) is 35.3 Å². The first kappa shape index (κ1) is 13.1. The maximum absolute atomic E-state index is 12.1. The normalized spacial score (nSPS) is 10.5. The SMILES string of the molecule is CN(Cc1cc(Br)cs1)C(=O)c1cc(S)cs1. The Labute approximate surface area is 122 Å². The summed E-state index contributed by atoms with van der Waals surface area (Å²) in [4.78, 5) is 16.5. The summed E-state index contributed by atoms with van der Waals surface area (Å²) in [6.07, 6.45) is 0. The van der Waals surface area contributed by atoms with Crippen LogP contribution in [0.3, 0.4) is 0 Å². The molecule has 2 heterocycles. The van der Waals surface area contributed by atoms with Gasteiger partial charge < -0.3 is 4.90 Å². The van der Waals surface area contributed by atoms with Gasteiger partial charge >= 0.3 is 0 Å². The molecule has 2 rings (SSSR count). The number of thiol groups is 1. The number of thiophene rings is 2. The standard InChI is InChI=1S/C11H10BrNOS3/c1-13(4-9-2-7(12)5-16-9)11(14)10-3-8(15)6-17-10/h2-3,5-6,15H,4H2,1H3. The lowest BCUT2D eigenvalue weighted by molar-refractivity contribution is 0.0791. The smallest absolute Gasteiger partial charge is 0.264 e. The lowest BCUT2D eigenvalue weighted by Gasteiger charge is -2.14. The molecule has 6 heteroatoms. The van der Waals surface area contributed by atoms with Crippen molar-refractivity contribution in [1.29, 1.82) is 0 Å². The van der Waals surface area contributed by atoms with Crippen molar-refractivity contribution in [1.82, 2.24) is 4.90 Å². The van der Waals surface area contributed by atoms with E-state index < -0.39 is 0 Å². The van der Waals surface area contributed by atoms with Crippen molar-refractivity contribution in [3.05, 3.63) is 37.1 Å². The van der Waals surface area contributed by atoms with Crippen LogP contribution >= 0.6 is 51.2 Å². The van der Waals surface area contributed by atoms with Crippen molar-refractivity contribution in [2.75, 3.05) is 7.05 Å². The van der Waals surface area contributed by atoms with E-state index in [0.717, 1.165) is 19.1 Å². The van der Waals surface area contributed by atoms with Crippen molar-refractivity contribution >= 4 is 57.1 Å². The molecule has 2 aromatic heterocycles. The zero-order valence-corrected chi connectivity index (χ0v) is 13.1. The summed E-state index contributed by atoms with van der Waals surface area (Å²) in [5, 5.41) is 3.89. The van der Waals surface area contributed by atoms with E-state index in [4.69, 9.17) is 0 Å². The van der Waals surface area contributed by atoms with Crippen LogP contribution in [0.15, 0.2) is 32.3 Å².